The summed E-state index contributed by atoms with van der Waals surface area (Å²) in [5, 5.41) is 8.42. The van der Waals surface area contributed by atoms with Gasteiger partial charge in [-0.15, -0.1) is 0 Å². The number of benzene rings is 8. The third-order valence-electron chi connectivity index (χ3n) is 12.1. The average molecular weight is 741 g/mol. The summed E-state index contributed by atoms with van der Waals surface area (Å²) in [4.78, 5) is 10.5. The first-order valence-electron chi connectivity index (χ1n) is 20.0. The van der Waals surface area contributed by atoms with E-state index in [9.17, 15) is 0 Å². The smallest absolute Gasteiger partial charge is 0.235 e. The van der Waals surface area contributed by atoms with Crippen molar-refractivity contribution in [1.29, 1.82) is 0 Å². The molecule has 11 aromatic rings. The Bertz CT molecular complexity index is 3480. The number of para-hydroxylation sites is 3. The van der Waals surface area contributed by atoms with Gasteiger partial charge in [-0.25, -0.2) is 9.97 Å². The van der Waals surface area contributed by atoms with Crippen molar-refractivity contribution in [3.63, 3.8) is 0 Å². The van der Waals surface area contributed by atoms with Gasteiger partial charge in [0, 0.05) is 44.1 Å². The highest BCUT2D eigenvalue weighted by atomic mass is 15.2. The molecule has 0 fully saturated rings. The molecule has 1 atom stereocenters. The first-order valence-corrected chi connectivity index (χ1v) is 20.0. The van der Waals surface area contributed by atoms with Crippen molar-refractivity contribution in [3.05, 3.63) is 206 Å². The topological polar surface area (TPSA) is 35.6 Å². The SMILES string of the molecule is C1=CC(c2ccccc2)CC=C1n1c2ccccc2c2c3ccccc3c(-c3ccc4c(c3)c3ccccc3n4-c3nc(-c4ccccc4)c4ccccc4n3)cc21. The largest absolute Gasteiger partial charge is 0.310 e. The summed E-state index contributed by atoms with van der Waals surface area (Å²) in [5.41, 5.74) is 12.4. The maximum atomic E-state index is 5.30. The van der Waals surface area contributed by atoms with E-state index in [1.807, 2.05) is 6.07 Å². The fourth-order valence-corrected chi connectivity index (χ4v) is 9.41. The minimum atomic E-state index is 0.369. The van der Waals surface area contributed by atoms with Crippen LogP contribution in [0.15, 0.2) is 200 Å². The van der Waals surface area contributed by atoms with E-state index in [4.69, 9.17) is 9.97 Å². The third kappa shape index (κ3) is 5.01. The molecule has 0 amide bonds. The predicted octanol–water partition coefficient (Wildman–Crippen LogP) is 13.9. The van der Waals surface area contributed by atoms with Gasteiger partial charge in [0.1, 0.15) is 0 Å². The first-order chi connectivity index (χ1) is 28.8. The van der Waals surface area contributed by atoms with E-state index in [2.05, 4.69) is 203 Å². The number of hydrogen-bond acceptors (Lipinski definition) is 2. The van der Waals surface area contributed by atoms with Gasteiger partial charge in [-0.3, -0.25) is 4.57 Å². The molecule has 0 N–H and O–H groups in total. The van der Waals surface area contributed by atoms with Crippen LogP contribution in [0.4, 0.5) is 0 Å². The lowest BCUT2D eigenvalue weighted by atomic mass is 9.91. The maximum Gasteiger partial charge on any atom is 0.235 e. The van der Waals surface area contributed by atoms with Gasteiger partial charge < -0.3 is 4.57 Å². The molecular formula is C54H36N4. The van der Waals surface area contributed by atoms with Crippen LogP contribution in [-0.4, -0.2) is 19.1 Å². The molecule has 1 unspecified atom stereocenters. The van der Waals surface area contributed by atoms with Crippen LogP contribution in [-0.2, 0) is 0 Å². The molecule has 3 heterocycles. The Balaban J connectivity index is 1.07. The standard InChI is InChI=1S/C54H36N4/c1-3-15-35(16-4-1)36-27-30-39(31-28-36)57-49-26-14-11-23-44(49)52-42-21-8-7-19-40(42)45(34-51(52)57)38-29-32-50-46(33-38)41-20-10-13-25-48(41)58(50)54-55-47-24-12-9-22-43(47)53(56-54)37-17-5-2-6-18-37/h1-27,29-34,36H,28H2. The molecule has 8 aromatic carbocycles. The number of nitrogens with zero attached hydrogens (tertiary/aromatic N) is 4. The van der Waals surface area contributed by atoms with E-state index < -0.39 is 0 Å². The monoisotopic (exact) mass is 740 g/mol. The molecular weight excluding hydrogens is 705 g/mol. The Hall–Kier alpha value is -7.56. The van der Waals surface area contributed by atoms with E-state index in [-0.39, 0.29) is 0 Å². The number of hydrogen-bond donors (Lipinski definition) is 0. The Morgan fingerprint density at radius 1 is 0.448 bits per heavy atom. The quantitative estimate of drug-likeness (QED) is 0.176. The summed E-state index contributed by atoms with van der Waals surface area (Å²) in [6.45, 7) is 0. The van der Waals surface area contributed by atoms with Crippen LogP contribution in [0.25, 0.3) is 99.3 Å². The van der Waals surface area contributed by atoms with E-state index in [1.165, 1.54) is 65.7 Å². The second kappa shape index (κ2) is 13.0. The van der Waals surface area contributed by atoms with Gasteiger partial charge in [0.25, 0.3) is 0 Å². The second-order valence-electron chi connectivity index (χ2n) is 15.3. The van der Waals surface area contributed by atoms with Gasteiger partial charge in [0.2, 0.25) is 5.95 Å². The first kappa shape index (κ1) is 32.7. The maximum absolute atomic E-state index is 5.30. The zero-order chi connectivity index (χ0) is 38.2. The molecule has 1 aliphatic carbocycles. The van der Waals surface area contributed by atoms with Gasteiger partial charge in [-0.1, -0.05) is 158 Å². The molecule has 272 valence electrons. The molecule has 12 rings (SSSR count). The Labute approximate surface area is 335 Å². The molecule has 58 heavy (non-hydrogen) atoms. The van der Waals surface area contributed by atoms with Crippen molar-refractivity contribution in [3.8, 4) is 28.3 Å². The predicted molar refractivity (Wildman–Crippen MR) is 242 cm³/mol. The Kier molecular flexibility index (Phi) is 7.32. The highest BCUT2D eigenvalue weighted by molar-refractivity contribution is 6.25. The van der Waals surface area contributed by atoms with E-state index in [1.54, 1.807) is 0 Å². The Morgan fingerprint density at radius 2 is 1.09 bits per heavy atom. The van der Waals surface area contributed by atoms with E-state index in [0.29, 0.717) is 11.9 Å². The number of aromatic nitrogens is 4. The van der Waals surface area contributed by atoms with Crippen molar-refractivity contribution in [2.45, 2.75) is 12.3 Å². The van der Waals surface area contributed by atoms with Crippen LogP contribution >= 0.6 is 0 Å². The summed E-state index contributed by atoms with van der Waals surface area (Å²) >= 11 is 0. The van der Waals surface area contributed by atoms with Crippen LogP contribution in [0, 0.1) is 0 Å². The van der Waals surface area contributed by atoms with Gasteiger partial charge in [0.05, 0.1) is 33.3 Å². The summed E-state index contributed by atoms with van der Waals surface area (Å²) < 4.78 is 4.71. The normalized spacial score (nSPS) is 14.3. The molecule has 4 nitrogen and oxygen atoms in total. The van der Waals surface area contributed by atoms with Gasteiger partial charge in [-0.2, -0.15) is 0 Å². The number of allylic oxidation sites excluding steroid dienone is 4. The summed E-state index contributed by atoms with van der Waals surface area (Å²) in [5.74, 6) is 1.03. The molecule has 0 aliphatic heterocycles. The van der Waals surface area contributed by atoms with Crippen molar-refractivity contribution in [1.82, 2.24) is 19.1 Å². The molecule has 4 heteroatoms. The van der Waals surface area contributed by atoms with Crippen LogP contribution in [0.5, 0.6) is 0 Å². The van der Waals surface area contributed by atoms with Crippen LogP contribution in [0.3, 0.4) is 0 Å². The summed E-state index contributed by atoms with van der Waals surface area (Å²) in [7, 11) is 0. The third-order valence-corrected chi connectivity index (χ3v) is 12.1. The molecule has 0 saturated heterocycles. The van der Waals surface area contributed by atoms with Crippen molar-refractivity contribution < 1.29 is 0 Å². The van der Waals surface area contributed by atoms with Crippen molar-refractivity contribution >= 4 is 71.0 Å². The summed E-state index contributed by atoms with van der Waals surface area (Å²) in [6, 6.07) is 65.3. The second-order valence-corrected chi connectivity index (χ2v) is 15.3. The minimum absolute atomic E-state index is 0.369. The van der Waals surface area contributed by atoms with Crippen molar-refractivity contribution in [2.24, 2.45) is 0 Å². The summed E-state index contributed by atoms with van der Waals surface area (Å²) in [6.07, 6.45) is 8.07. The zero-order valence-electron chi connectivity index (χ0n) is 31.6. The molecule has 0 saturated carbocycles. The molecule has 1 aliphatic rings. The lowest BCUT2D eigenvalue weighted by molar-refractivity contribution is 0.850. The zero-order valence-corrected chi connectivity index (χ0v) is 31.6. The number of rotatable bonds is 5. The van der Waals surface area contributed by atoms with Crippen LogP contribution < -0.4 is 0 Å². The van der Waals surface area contributed by atoms with E-state index in [0.717, 1.165) is 39.6 Å². The lowest BCUT2D eigenvalue weighted by Gasteiger charge is -2.19. The van der Waals surface area contributed by atoms with Crippen LogP contribution in [0.1, 0.15) is 17.9 Å². The average Bonchev–Trinajstić information content (AvgIpc) is 3.82. The fourth-order valence-electron chi connectivity index (χ4n) is 9.41. The van der Waals surface area contributed by atoms with Gasteiger partial charge in [-0.05, 0) is 76.4 Å². The highest BCUT2D eigenvalue weighted by Gasteiger charge is 2.22. The molecule has 0 radical (unpaired) electrons. The minimum Gasteiger partial charge on any atom is -0.310 e. The molecule has 0 bridgehead atoms. The van der Waals surface area contributed by atoms with Crippen molar-refractivity contribution in [2.75, 3.05) is 0 Å². The highest BCUT2D eigenvalue weighted by Crippen LogP contribution is 2.44. The number of fused-ring (bicyclic) bond motifs is 9. The Morgan fingerprint density at radius 3 is 1.86 bits per heavy atom. The van der Waals surface area contributed by atoms with Crippen LogP contribution in [0.2, 0.25) is 0 Å². The lowest BCUT2D eigenvalue weighted by Crippen LogP contribution is -2.03. The molecule has 0 spiro atoms. The van der Waals surface area contributed by atoms with Gasteiger partial charge >= 0.3 is 0 Å². The van der Waals surface area contributed by atoms with E-state index >= 15 is 0 Å². The van der Waals surface area contributed by atoms with Gasteiger partial charge in [0.15, 0.2) is 0 Å². The molecule has 3 aromatic heterocycles. The fraction of sp³-hybridized carbons (Fsp3) is 0.0370.